The lowest BCUT2D eigenvalue weighted by Crippen LogP contribution is -2.40. The third-order valence-corrected chi connectivity index (χ3v) is 3.50. The predicted molar refractivity (Wildman–Crippen MR) is 81.8 cm³/mol. The van der Waals surface area contributed by atoms with Crippen LogP contribution < -0.4 is 14.8 Å². The minimum Gasteiger partial charge on any atom is -0.507 e. The van der Waals surface area contributed by atoms with Gasteiger partial charge in [-0.25, -0.2) is 0 Å². The molecule has 1 amide bonds. The Morgan fingerprint density at radius 3 is 2.86 bits per heavy atom. The Bertz CT molecular complexity index is 704. The van der Waals surface area contributed by atoms with E-state index in [9.17, 15) is 9.90 Å². The van der Waals surface area contributed by atoms with Crippen LogP contribution in [0.5, 0.6) is 17.2 Å². The number of carbonyl (C=O) groups excluding carboxylic acids is 1. The van der Waals surface area contributed by atoms with Gasteiger partial charge in [0.2, 0.25) is 0 Å². The Labute approximate surface area is 132 Å². The van der Waals surface area contributed by atoms with Crippen LogP contribution in [-0.2, 0) is 0 Å². The van der Waals surface area contributed by atoms with Gasteiger partial charge < -0.3 is 19.9 Å². The Morgan fingerprint density at radius 1 is 1.27 bits per heavy atom. The van der Waals surface area contributed by atoms with E-state index in [2.05, 4.69) is 5.32 Å². The Morgan fingerprint density at radius 2 is 2.05 bits per heavy atom. The average Bonchev–Trinajstić information content (AvgIpc) is 2.54. The molecule has 0 saturated heterocycles. The first kappa shape index (κ1) is 14.5. The molecule has 1 aliphatic heterocycles. The number of nitrogens with one attached hydrogen (secondary N) is 1. The molecule has 0 fully saturated rings. The number of benzene rings is 2. The molecule has 2 N–H and O–H groups in total. The number of rotatable bonds is 3. The van der Waals surface area contributed by atoms with Gasteiger partial charge in [0.15, 0.2) is 11.5 Å². The monoisotopic (exact) mass is 319 g/mol. The molecule has 5 nitrogen and oxygen atoms in total. The molecule has 1 aliphatic rings. The number of aromatic hydroxyl groups is 1. The Hall–Kier alpha value is -2.40. The number of hydrogen-bond acceptors (Lipinski definition) is 4. The highest BCUT2D eigenvalue weighted by Crippen LogP contribution is 2.30. The van der Waals surface area contributed by atoms with Crippen molar-refractivity contribution in [1.29, 1.82) is 0 Å². The van der Waals surface area contributed by atoms with E-state index in [1.165, 1.54) is 18.2 Å². The first-order valence-electron chi connectivity index (χ1n) is 6.78. The van der Waals surface area contributed by atoms with Gasteiger partial charge in [0.1, 0.15) is 18.5 Å². The van der Waals surface area contributed by atoms with Gasteiger partial charge in [-0.05, 0) is 30.3 Å². The molecular weight excluding hydrogens is 306 g/mol. The normalized spacial score (nSPS) is 16.1. The van der Waals surface area contributed by atoms with Gasteiger partial charge in [-0.1, -0.05) is 23.7 Å². The van der Waals surface area contributed by atoms with Crippen LogP contribution in [0.1, 0.15) is 10.4 Å². The van der Waals surface area contributed by atoms with Crippen molar-refractivity contribution in [2.45, 2.75) is 6.10 Å². The predicted octanol–water partition coefficient (Wildman–Crippen LogP) is 2.62. The van der Waals surface area contributed by atoms with E-state index in [0.717, 1.165) is 0 Å². The summed E-state index contributed by atoms with van der Waals surface area (Å²) in [6, 6.07) is 11.7. The summed E-state index contributed by atoms with van der Waals surface area (Å²) in [5.74, 6) is 0.812. The zero-order chi connectivity index (χ0) is 15.5. The van der Waals surface area contributed by atoms with Crippen LogP contribution in [-0.4, -0.2) is 30.3 Å². The van der Waals surface area contributed by atoms with Crippen LogP contribution in [0.2, 0.25) is 5.02 Å². The molecule has 0 radical (unpaired) electrons. The number of para-hydroxylation sites is 2. The molecule has 0 bridgehead atoms. The summed E-state index contributed by atoms with van der Waals surface area (Å²) < 4.78 is 11.3. The number of ether oxygens (including phenoxy) is 2. The highest BCUT2D eigenvalue weighted by molar-refractivity contribution is 6.31. The average molecular weight is 320 g/mol. The standard InChI is InChI=1S/C16H14ClNO4/c17-10-5-6-13(19)12(7-10)16(20)18-8-11-9-21-14-3-1-2-4-15(14)22-11/h1-7,11,19H,8-9H2,(H,18,20). The van der Waals surface area contributed by atoms with Gasteiger partial charge in [-0.15, -0.1) is 0 Å². The van der Waals surface area contributed by atoms with Crippen LogP contribution in [0.3, 0.4) is 0 Å². The van der Waals surface area contributed by atoms with Gasteiger partial charge in [0.05, 0.1) is 12.1 Å². The van der Waals surface area contributed by atoms with Crippen molar-refractivity contribution in [1.82, 2.24) is 5.32 Å². The quantitative estimate of drug-likeness (QED) is 0.912. The van der Waals surface area contributed by atoms with Crippen molar-refractivity contribution in [2.75, 3.05) is 13.2 Å². The number of phenolic OH excluding ortho intramolecular Hbond substituents is 1. The molecule has 0 saturated carbocycles. The highest BCUT2D eigenvalue weighted by atomic mass is 35.5. The van der Waals surface area contributed by atoms with Crippen molar-refractivity contribution in [3.63, 3.8) is 0 Å². The first-order valence-corrected chi connectivity index (χ1v) is 7.16. The number of amides is 1. The fraction of sp³-hybridized carbons (Fsp3) is 0.188. The molecular formula is C16H14ClNO4. The third-order valence-electron chi connectivity index (χ3n) is 3.26. The number of carbonyl (C=O) groups is 1. The van der Waals surface area contributed by atoms with Gasteiger partial charge in [-0.2, -0.15) is 0 Å². The van der Waals surface area contributed by atoms with Crippen LogP contribution in [0.4, 0.5) is 0 Å². The zero-order valence-electron chi connectivity index (χ0n) is 11.6. The molecule has 1 atom stereocenters. The van der Waals surface area contributed by atoms with E-state index < -0.39 is 5.91 Å². The van der Waals surface area contributed by atoms with E-state index in [1.54, 1.807) is 0 Å². The first-order chi connectivity index (χ1) is 10.6. The minimum absolute atomic E-state index is 0.118. The summed E-state index contributed by atoms with van der Waals surface area (Å²) in [4.78, 5) is 12.1. The maximum absolute atomic E-state index is 12.1. The molecule has 2 aromatic carbocycles. The van der Waals surface area contributed by atoms with E-state index in [0.29, 0.717) is 23.1 Å². The van der Waals surface area contributed by atoms with Gasteiger partial charge in [-0.3, -0.25) is 4.79 Å². The summed E-state index contributed by atoms with van der Waals surface area (Å²) in [6.45, 7) is 0.609. The summed E-state index contributed by atoms with van der Waals surface area (Å²) >= 11 is 5.83. The van der Waals surface area contributed by atoms with Crippen molar-refractivity contribution in [3.8, 4) is 17.2 Å². The molecule has 0 spiro atoms. The molecule has 6 heteroatoms. The molecule has 1 heterocycles. The molecule has 1 unspecified atom stereocenters. The molecule has 0 aliphatic carbocycles. The van der Waals surface area contributed by atoms with E-state index in [4.69, 9.17) is 21.1 Å². The largest absolute Gasteiger partial charge is 0.507 e. The van der Waals surface area contributed by atoms with Crippen LogP contribution >= 0.6 is 11.6 Å². The summed E-state index contributed by atoms with van der Waals surface area (Å²) in [5.41, 5.74) is 0.129. The second kappa shape index (κ2) is 6.15. The SMILES string of the molecule is O=C(NCC1COc2ccccc2O1)c1cc(Cl)ccc1O. The fourth-order valence-corrected chi connectivity index (χ4v) is 2.33. The Balaban J connectivity index is 1.61. The summed E-state index contributed by atoms with van der Waals surface area (Å²) in [5, 5.41) is 12.8. The number of fused-ring (bicyclic) bond motifs is 1. The van der Waals surface area contributed by atoms with E-state index >= 15 is 0 Å². The highest BCUT2D eigenvalue weighted by Gasteiger charge is 2.21. The minimum atomic E-state index is -0.414. The van der Waals surface area contributed by atoms with E-state index in [-0.39, 0.29) is 24.0 Å². The topological polar surface area (TPSA) is 67.8 Å². The van der Waals surface area contributed by atoms with Gasteiger partial charge >= 0.3 is 0 Å². The van der Waals surface area contributed by atoms with Crippen molar-refractivity contribution in [2.24, 2.45) is 0 Å². The van der Waals surface area contributed by atoms with Gasteiger partial charge in [0, 0.05) is 5.02 Å². The lowest BCUT2D eigenvalue weighted by Gasteiger charge is -2.26. The molecule has 114 valence electrons. The molecule has 0 aromatic heterocycles. The smallest absolute Gasteiger partial charge is 0.255 e. The number of halogens is 1. The lowest BCUT2D eigenvalue weighted by atomic mass is 10.2. The maximum atomic E-state index is 12.1. The van der Waals surface area contributed by atoms with Crippen LogP contribution in [0.15, 0.2) is 42.5 Å². The molecule has 22 heavy (non-hydrogen) atoms. The fourth-order valence-electron chi connectivity index (χ4n) is 2.16. The maximum Gasteiger partial charge on any atom is 0.255 e. The lowest BCUT2D eigenvalue weighted by molar-refractivity contribution is 0.0787. The second-order valence-corrected chi connectivity index (χ2v) is 5.31. The summed E-state index contributed by atoms with van der Waals surface area (Å²) in [6.07, 6.45) is -0.292. The van der Waals surface area contributed by atoms with Crippen LogP contribution in [0.25, 0.3) is 0 Å². The third kappa shape index (κ3) is 3.09. The number of phenols is 1. The Kier molecular flexibility index (Phi) is 4.06. The zero-order valence-corrected chi connectivity index (χ0v) is 12.3. The van der Waals surface area contributed by atoms with Crippen LogP contribution in [0, 0.1) is 0 Å². The molecule has 2 aromatic rings. The molecule has 3 rings (SSSR count). The van der Waals surface area contributed by atoms with Gasteiger partial charge in [0.25, 0.3) is 5.91 Å². The van der Waals surface area contributed by atoms with Crippen molar-refractivity contribution >= 4 is 17.5 Å². The number of hydrogen-bond donors (Lipinski definition) is 2. The van der Waals surface area contributed by atoms with Crippen molar-refractivity contribution < 1.29 is 19.4 Å². The second-order valence-electron chi connectivity index (χ2n) is 4.87. The van der Waals surface area contributed by atoms with E-state index in [1.807, 2.05) is 24.3 Å². The van der Waals surface area contributed by atoms with Crippen molar-refractivity contribution in [3.05, 3.63) is 53.1 Å². The summed E-state index contributed by atoms with van der Waals surface area (Å²) in [7, 11) is 0.